The summed E-state index contributed by atoms with van der Waals surface area (Å²) < 4.78 is 0. The van der Waals surface area contributed by atoms with E-state index in [4.69, 9.17) is 0 Å². The van der Waals surface area contributed by atoms with Crippen molar-refractivity contribution in [2.75, 3.05) is 0 Å². The van der Waals surface area contributed by atoms with Gasteiger partial charge in [-0.05, 0) is 56.1 Å². The summed E-state index contributed by atoms with van der Waals surface area (Å²) >= 11 is 0. The number of benzene rings is 1. The number of carbonyl (C=O) groups excluding carboxylic acids is 2. The predicted molar refractivity (Wildman–Crippen MR) is 96.8 cm³/mol. The number of nitrogens with one attached hydrogen (secondary N) is 2. The number of hydrogen-bond acceptors (Lipinski definition) is 2. The lowest BCUT2D eigenvalue weighted by Crippen LogP contribution is -2.52. The maximum Gasteiger partial charge on any atom is 0.252 e. The monoisotopic (exact) mass is 330 g/mol. The largest absolute Gasteiger partial charge is 0.352 e. The van der Waals surface area contributed by atoms with Crippen molar-refractivity contribution in [3.63, 3.8) is 0 Å². The third kappa shape index (κ3) is 4.83. The summed E-state index contributed by atoms with van der Waals surface area (Å²) in [6, 6.07) is 7.19. The first-order valence-electron chi connectivity index (χ1n) is 9.05. The van der Waals surface area contributed by atoms with E-state index in [-0.39, 0.29) is 23.8 Å². The van der Waals surface area contributed by atoms with Crippen LogP contribution in [0.25, 0.3) is 0 Å². The molecule has 2 rings (SSSR count). The van der Waals surface area contributed by atoms with Crippen molar-refractivity contribution in [3.05, 3.63) is 35.4 Å². The summed E-state index contributed by atoms with van der Waals surface area (Å²) in [6.07, 6.45) is 4.38. The van der Waals surface area contributed by atoms with Crippen molar-refractivity contribution in [2.24, 2.45) is 11.8 Å². The van der Waals surface area contributed by atoms with Gasteiger partial charge in [-0.2, -0.15) is 0 Å². The molecule has 0 bridgehead atoms. The Balaban J connectivity index is 1.99. The first-order valence-corrected chi connectivity index (χ1v) is 9.05. The van der Waals surface area contributed by atoms with Gasteiger partial charge in [-0.3, -0.25) is 9.59 Å². The van der Waals surface area contributed by atoms with Crippen LogP contribution >= 0.6 is 0 Å². The van der Waals surface area contributed by atoms with Crippen molar-refractivity contribution in [1.29, 1.82) is 0 Å². The molecule has 2 N–H and O–H groups in total. The van der Waals surface area contributed by atoms with E-state index in [9.17, 15) is 9.59 Å². The molecule has 0 aliphatic heterocycles. The Morgan fingerprint density at radius 1 is 1.08 bits per heavy atom. The first-order chi connectivity index (χ1) is 11.4. The zero-order valence-corrected chi connectivity index (χ0v) is 15.3. The number of amides is 2. The topological polar surface area (TPSA) is 58.2 Å². The van der Waals surface area contributed by atoms with E-state index in [0.29, 0.717) is 5.56 Å². The zero-order valence-electron chi connectivity index (χ0n) is 15.3. The van der Waals surface area contributed by atoms with Crippen LogP contribution in [0.5, 0.6) is 0 Å². The second-order valence-corrected chi connectivity index (χ2v) is 7.48. The minimum absolute atomic E-state index is 0.0421. The summed E-state index contributed by atoms with van der Waals surface area (Å²) in [5.74, 6) is 0.547. The zero-order chi connectivity index (χ0) is 17.7. The van der Waals surface area contributed by atoms with Gasteiger partial charge in [-0.15, -0.1) is 0 Å². The summed E-state index contributed by atoms with van der Waals surface area (Å²) in [4.78, 5) is 25.2. The molecule has 1 aliphatic rings. The van der Waals surface area contributed by atoms with Crippen LogP contribution in [-0.4, -0.2) is 23.9 Å². The molecule has 0 heterocycles. The second kappa shape index (κ2) is 8.32. The molecule has 1 fully saturated rings. The SMILES string of the molecule is Cc1ccccc1C(=O)NC(C(=O)NC1CCC(C)CC1)C(C)C. The summed E-state index contributed by atoms with van der Waals surface area (Å²) in [5, 5.41) is 6.06. The van der Waals surface area contributed by atoms with Crippen molar-refractivity contribution >= 4 is 11.8 Å². The average molecular weight is 330 g/mol. The third-order valence-electron chi connectivity index (χ3n) is 4.99. The highest BCUT2D eigenvalue weighted by atomic mass is 16.2. The Morgan fingerprint density at radius 2 is 1.71 bits per heavy atom. The van der Waals surface area contributed by atoms with Crippen molar-refractivity contribution in [3.8, 4) is 0 Å². The number of aryl methyl sites for hydroxylation is 1. The van der Waals surface area contributed by atoms with Gasteiger partial charge in [0, 0.05) is 11.6 Å². The van der Waals surface area contributed by atoms with Crippen LogP contribution in [0, 0.1) is 18.8 Å². The van der Waals surface area contributed by atoms with Crippen LogP contribution in [0.3, 0.4) is 0 Å². The van der Waals surface area contributed by atoms with E-state index in [1.165, 1.54) is 0 Å². The van der Waals surface area contributed by atoms with Gasteiger partial charge in [0.25, 0.3) is 5.91 Å². The Labute approximate surface area is 145 Å². The third-order valence-corrected chi connectivity index (χ3v) is 4.99. The molecule has 4 heteroatoms. The van der Waals surface area contributed by atoms with Gasteiger partial charge in [0.1, 0.15) is 6.04 Å². The number of rotatable bonds is 5. The standard InChI is InChI=1S/C20H30N2O2/c1-13(2)18(20(24)21-16-11-9-14(3)10-12-16)22-19(23)17-8-6-5-7-15(17)4/h5-8,13-14,16,18H,9-12H2,1-4H3,(H,21,24)(H,22,23). The molecule has 1 aromatic carbocycles. The van der Waals surface area contributed by atoms with E-state index in [1.54, 1.807) is 6.07 Å². The Bertz CT molecular complexity index is 575. The minimum atomic E-state index is -0.503. The fourth-order valence-electron chi connectivity index (χ4n) is 3.28. The van der Waals surface area contributed by atoms with E-state index in [1.807, 2.05) is 39.0 Å². The van der Waals surface area contributed by atoms with Crippen molar-refractivity contribution < 1.29 is 9.59 Å². The van der Waals surface area contributed by atoms with E-state index >= 15 is 0 Å². The van der Waals surface area contributed by atoms with E-state index in [2.05, 4.69) is 17.6 Å². The van der Waals surface area contributed by atoms with E-state index < -0.39 is 6.04 Å². The molecule has 1 unspecified atom stereocenters. The number of hydrogen-bond donors (Lipinski definition) is 2. The average Bonchev–Trinajstić information content (AvgIpc) is 2.54. The fraction of sp³-hybridized carbons (Fsp3) is 0.600. The van der Waals surface area contributed by atoms with Gasteiger partial charge in [0.05, 0.1) is 0 Å². The Morgan fingerprint density at radius 3 is 2.29 bits per heavy atom. The molecule has 1 saturated carbocycles. The predicted octanol–water partition coefficient (Wildman–Crippen LogP) is 3.44. The highest BCUT2D eigenvalue weighted by Gasteiger charge is 2.28. The van der Waals surface area contributed by atoms with Crippen LogP contribution in [0.15, 0.2) is 24.3 Å². The van der Waals surface area contributed by atoms with Gasteiger partial charge in [0.2, 0.25) is 5.91 Å². The van der Waals surface area contributed by atoms with E-state index in [0.717, 1.165) is 37.2 Å². The van der Waals surface area contributed by atoms with Crippen LogP contribution in [0.4, 0.5) is 0 Å². The van der Waals surface area contributed by atoms with Gasteiger partial charge in [0.15, 0.2) is 0 Å². The van der Waals surface area contributed by atoms with Gasteiger partial charge < -0.3 is 10.6 Å². The molecule has 1 atom stereocenters. The first kappa shape index (κ1) is 18.5. The summed E-state index contributed by atoms with van der Waals surface area (Å²) in [7, 11) is 0. The van der Waals surface area contributed by atoms with Gasteiger partial charge in [-0.1, -0.05) is 39.0 Å². The molecule has 24 heavy (non-hydrogen) atoms. The molecule has 1 aliphatic carbocycles. The molecule has 0 saturated heterocycles. The summed E-state index contributed by atoms with van der Waals surface area (Å²) in [5.41, 5.74) is 1.54. The molecule has 4 nitrogen and oxygen atoms in total. The lowest BCUT2D eigenvalue weighted by atomic mass is 9.87. The maximum atomic E-state index is 12.7. The molecule has 0 aromatic heterocycles. The smallest absolute Gasteiger partial charge is 0.252 e. The molecular weight excluding hydrogens is 300 g/mol. The normalized spacial score (nSPS) is 22.0. The highest BCUT2D eigenvalue weighted by molar-refractivity contribution is 5.98. The molecule has 0 radical (unpaired) electrons. The lowest BCUT2D eigenvalue weighted by Gasteiger charge is -2.30. The van der Waals surface area contributed by atoms with Crippen LogP contribution in [0.1, 0.15) is 62.4 Å². The second-order valence-electron chi connectivity index (χ2n) is 7.48. The molecule has 132 valence electrons. The fourth-order valence-corrected chi connectivity index (χ4v) is 3.28. The van der Waals surface area contributed by atoms with Crippen molar-refractivity contribution in [1.82, 2.24) is 10.6 Å². The molecule has 0 spiro atoms. The van der Waals surface area contributed by atoms with Crippen LogP contribution < -0.4 is 10.6 Å². The Hall–Kier alpha value is -1.84. The van der Waals surface area contributed by atoms with Crippen molar-refractivity contribution in [2.45, 2.75) is 65.5 Å². The quantitative estimate of drug-likeness (QED) is 0.869. The van der Waals surface area contributed by atoms with Gasteiger partial charge in [-0.25, -0.2) is 0 Å². The minimum Gasteiger partial charge on any atom is -0.352 e. The number of carbonyl (C=O) groups is 2. The lowest BCUT2D eigenvalue weighted by molar-refractivity contribution is -0.124. The summed E-state index contributed by atoms with van der Waals surface area (Å²) in [6.45, 7) is 8.09. The van der Waals surface area contributed by atoms with Crippen LogP contribution in [-0.2, 0) is 4.79 Å². The maximum absolute atomic E-state index is 12.7. The highest BCUT2D eigenvalue weighted by Crippen LogP contribution is 2.23. The Kier molecular flexibility index (Phi) is 6.41. The molecular formula is C20H30N2O2. The molecule has 2 amide bonds. The molecule has 1 aromatic rings. The van der Waals surface area contributed by atoms with Gasteiger partial charge >= 0.3 is 0 Å². The van der Waals surface area contributed by atoms with Crippen LogP contribution in [0.2, 0.25) is 0 Å².